The van der Waals surface area contributed by atoms with Crippen LogP contribution in [0.4, 0.5) is 18.9 Å². The molecule has 1 amide bonds. The number of nitrogens with zero attached hydrogens (tertiary/aromatic N) is 3. The molecule has 0 bridgehead atoms. The van der Waals surface area contributed by atoms with E-state index in [2.05, 4.69) is 15.5 Å². The van der Waals surface area contributed by atoms with E-state index in [1.165, 1.54) is 36.4 Å². The summed E-state index contributed by atoms with van der Waals surface area (Å²) >= 11 is 0. The molecule has 4 rings (SSSR count). The smallest absolute Gasteiger partial charge is 0.274 e. The van der Waals surface area contributed by atoms with Gasteiger partial charge in [-0.05, 0) is 30.3 Å². The number of carbonyl (C=O) groups is 1. The molecule has 7 nitrogen and oxygen atoms in total. The van der Waals surface area contributed by atoms with Gasteiger partial charge in [0.25, 0.3) is 11.4 Å². The Morgan fingerprint density at radius 3 is 2.58 bits per heavy atom. The number of aromatic nitrogens is 3. The van der Waals surface area contributed by atoms with Gasteiger partial charge < -0.3 is 9.84 Å². The van der Waals surface area contributed by atoms with Gasteiger partial charge in [-0.3, -0.25) is 14.2 Å². The first-order chi connectivity index (χ1) is 14.9. The lowest BCUT2D eigenvalue weighted by atomic mass is 10.2. The fraction of sp³-hybridized carbons (Fsp3) is 0.0476. The highest BCUT2D eigenvalue weighted by molar-refractivity contribution is 5.91. The van der Waals surface area contributed by atoms with Crippen molar-refractivity contribution in [3.05, 3.63) is 88.5 Å². The second-order valence-electron chi connectivity index (χ2n) is 6.44. The van der Waals surface area contributed by atoms with E-state index in [4.69, 9.17) is 4.52 Å². The van der Waals surface area contributed by atoms with Crippen molar-refractivity contribution in [1.29, 1.82) is 0 Å². The third-order valence-electron chi connectivity index (χ3n) is 4.28. The average Bonchev–Trinajstić information content (AvgIpc) is 3.22. The standard InChI is InChI=1S/C21H13F3N4O3/c22-13-4-1-3-12(9-13)20-26-21(31-27-20)17-5-2-6-19(30)28(17)11-18(29)25-16-10-14(23)7-8-15(16)24/h1-10H,11H2,(H,25,29). The van der Waals surface area contributed by atoms with Gasteiger partial charge in [-0.25, -0.2) is 13.2 Å². The molecule has 0 aliphatic rings. The summed E-state index contributed by atoms with van der Waals surface area (Å²) in [4.78, 5) is 28.9. The number of nitrogens with one attached hydrogen (secondary N) is 1. The minimum atomic E-state index is -0.827. The van der Waals surface area contributed by atoms with Crippen LogP contribution in [0.1, 0.15) is 0 Å². The molecule has 0 saturated carbocycles. The van der Waals surface area contributed by atoms with Crippen LogP contribution in [-0.2, 0) is 11.3 Å². The summed E-state index contributed by atoms with van der Waals surface area (Å²) in [6.45, 7) is -0.525. The zero-order valence-corrected chi connectivity index (χ0v) is 15.7. The third kappa shape index (κ3) is 4.37. The van der Waals surface area contributed by atoms with Crippen LogP contribution in [0.15, 0.2) is 70.0 Å². The Labute approximate surface area is 172 Å². The van der Waals surface area contributed by atoms with Crippen molar-refractivity contribution < 1.29 is 22.5 Å². The number of carbonyl (C=O) groups excluding carboxylic acids is 1. The highest BCUT2D eigenvalue weighted by atomic mass is 19.1. The van der Waals surface area contributed by atoms with Crippen LogP contribution in [-0.4, -0.2) is 20.6 Å². The third-order valence-corrected chi connectivity index (χ3v) is 4.28. The molecular weight excluding hydrogens is 413 g/mol. The van der Waals surface area contributed by atoms with Crippen molar-refractivity contribution in [2.45, 2.75) is 6.54 Å². The second kappa shape index (κ2) is 8.27. The number of benzene rings is 2. The largest absolute Gasteiger partial charge is 0.332 e. The molecular formula is C21H13F3N4O3. The number of hydrogen-bond acceptors (Lipinski definition) is 5. The van der Waals surface area contributed by atoms with Gasteiger partial charge in [0, 0.05) is 17.7 Å². The minimum Gasteiger partial charge on any atom is -0.332 e. The summed E-state index contributed by atoms with van der Waals surface area (Å²) < 4.78 is 46.8. The zero-order chi connectivity index (χ0) is 22.0. The first-order valence-electron chi connectivity index (χ1n) is 8.95. The fourth-order valence-electron chi connectivity index (χ4n) is 2.87. The molecule has 2 aromatic carbocycles. The maximum atomic E-state index is 13.8. The summed E-state index contributed by atoms with van der Waals surface area (Å²) in [5.74, 6) is -2.81. The summed E-state index contributed by atoms with van der Waals surface area (Å²) in [5.41, 5.74) is -0.434. The summed E-state index contributed by atoms with van der Waals surface area (Å²) in [6, 6.07) is 12.3. The van der Waals surface area contributed by atoms with Gasteiger partial charge in [-0.2, -0.15) is 4.98 Å². The Kier molecular flexibility index (Phi) is 5.35. The lowest BCUT2D eigenvalue weighted by molar-refractivity contribution is -0.116. The Morgan fingerprint density at radius 1 is 1.00 bits per heavy atom. The molecule has 0 radical (unpaired) electrons. The molecule has 0 spiro atoms. The molecule has 0 fully saturated rings. The highest BCUT2D eigenvalue weighted by Crippen LogP contribution is 2.22. The van der Waals surface area contributed by atoms with Crippen LogP contribution < -0.4 is 10.9 Å². The Morgan fingerprint density at radius 2 is 1.77 bits per heavy atom. The molecule has 1 N–H and O–H groups in total. The monoisotopic (exact) mass is 426 g/mol. The maximum absolute atomic E-state index is 13.8. The van der Waals surface area contributed by atoms with E-state index in [9.17, 15) is 22.8 Å². The van der Waals surface area contributed by atoms with Crippen LogP contribution in [0.25, 0.3) is 23.0 Å². The van der Waals surface area contributed by atoms with Crippen molar-refractivity contribution in [2.24, 2.45) is 0 Å². The summed E-state index contributed by atoms with van der Waals surface area (Å²) in [7, 11) is 0. The predicted molar refractivity (Wildman–Crippen MR) is 104 cm³/mol. The van der Waals surface area contributed by atoms with Crippen LogP contribution in [0, 0.1) is 17.5 Å². The van der Waals surface area contributed by atoms with Gasteiger partial charge in [-0.1, -0.05) is 23.4 Å². The molecule has 31 heavy (non-hydrogen) atoms. The second-order valence-corrected chi connectivity index (χ2v) is 6.44. The summed E-state index contributed by atoms with van der Waals surface area (Å²) in [5, 5.41) is 6.00. The van der Waals surface area contributed by atoms with Crippen molar-refractivity contribution in [1.82, 2.24) is 14.7 Å². The van der Waals surface area contributed by atoms with Gasteiger partial charge in [-0.15, -0.1) is 0 Å². The quantitative estimate of drug-likeness (QED) is 0.527. The SMILES string of the molecule is O=C(Cn1c(-c2nc(-c3cccc(F)c3)no2)cccc1=O)Nc1cc(F)ccc1F. The summed E-state index contributed by atoms with van der Waals surface area (Å²) in [6.07, 6.45) is 0. The Hall–Kier alpha value is -4.21. The molecule has 0 aliphatic heterocycles. The maximum Gasteiger partial charge on any atom is 0.274 e. The number of anilines is 1. The van der Waals surface area contributed by atoms with Crippen molar-refractivity contribution in [3.63, 3.8) is 0 Å². The molecule has 156 valence electrons. The lowest BCUT2D eigenvalue weighted by Crippen LogP contribution is -2.28. The Bertz CT molecular complexity index is 1330. The molecule has 10 heteroatoms. The number of hydrogen-bond donors (Lipinski definition) is 1. The van der Waals surface area contributed by atoms with E-state index >= 15 is 0 Å². The van der Waals surface area contributed by atoms with E-state index in [-0.39, 0.29) is 23.1 Å². The lowest BCUT2D eigenvalue weighted by Gasteiger charge is -2.11. The molecule has 4 aromatic rings. The predicted octanol–water partition coefficient (Wildman–Crippen LogP) is 3.62. The van der Waals surface area contributed by atoms with Gasteiger partial charge in [0.1, 0.15) is 29.7 Å². The van der Waals surface area contributed by atoms with Crippen LogP contribution in [0.3, 0.4) is 0 Å². The molecule has 0 atom stereocenters. The topological polar surface area (TPSA) is 90.0 Å². The number of pyridine rings is 1. The van der Waals surface area contributed by atoms with Crippen molar-refractivity contribution >= 4 is 11.6 Å². The van der Waals surface area contributed by atoms with Gasteiger partial charge in [0.05, 0.1) is 5.69 Å². The van der Waals surface area contributed by atoms with Crippen molar-refractivity contribution in [3.8, 4) is 23.0 Å². The van der Waals surface area contributed by atoms with Crippen molar-refractivity contribution in [2.75, 3.05) is 5.32 Å². The number of rotatable bonds is 5. The molecule has 0 aliphatic carbocycles. The minimum absolute atomic E-state index is 0.0818. The normalized spacial score (nSPS) is 10.8. The van der Waals surface area contributed by atoms with Crippen LogP contribution in [0.2, 0.25) is 0 Å². The molecule has 2 heterocycles. The number of amides is 1. The van der Waals surface area contributed by atoms with Crippen LogP contribution in [0.5, 0.6) is 0 Å². The zero-order valence-electron chi connectivity index (χ0n) is 15.7. The molecule has 0 unspecified atom stereocenters. The van der Waals surface area contributed by atoms with E-state index in [1.807, 2.05) is 0 Å². The van der Waals surface area contributed by atoms with Gasteiger partial charge in [0.15, 0.2) is 0 Å². The van der Waals surface area contributed by atoms with Gasteiger partial charge >= 0.3 is 0 Å². The van der Waals surface area contributed by atoms with Crippen LogP contribution >= 0.6 is 0 Å². The number of halogens is 3. The molecule has 0 saturated heterocycles. The van der Waals surface area contributed by atoms with E-state index in [0.717, 1.165) is 22.8 Å². The van der Waals surface area contributed by atoms with E-state index in [1.54, 1.807) is 6.07 Å². The van der Waals surface area contributed by atoms with Gasteiger partial charge in [0.2, 0.25) is 11.7 Å². The first kappa shape index (κ1) is 20.1. The van der Waals surface area contributed by atoms with E-state index in [0.29, 0.717) is 5.56 Å². The highest BCUT2D eigenvalue weighted by Gasteiger charge is 2.18. The first-order valence-corrected chi connectivity index (χ1v) is 8.95. The average molecular weight is 426 g/mol. The Balaban J connectivity index is 1.63. The molecule has 2 aromatic heterocycles. The van der Waals surface area contributed by atoms with E-state index < -0.39 is 35.5 Å². The fourth-order valence-corrected chi connectivity index (χ4v) is 2.87.